The summed E-state index contributed by atoms with van der Waals surface area (Å²) < 4.78 is 16.7. The molecule has 0 radical (unpaired) electrons. The van der Waals surface area contributed by atoms with Crippen molar-refractivity contribution in [2.24, 2.45) is 17.3 Å². The third-order valence-corrected chi connectivity index (χ3v) is 6.15. The standard InChI is InChI=1S/C22H33NO4/c1-22(2)17-9-8-16(19(22)12-17)14-26-15-18(24)13-23-10-11-27-21-7-5-4-6-20(21)25-3/h4-8,17-19,23-24H,9-15H2,1-3H3/t17-,18+,19+/m1/s1. The number of aliphatic hydroxyl groups excluding tert-OH is 1. The van der Waals surface area contributed by atoms with E-state index in [1.165, 1.54) is 18.4 Å². The van der Waals surface area contributed by atoms with E-state index in [0.29, 0.717) is 44.2 Å². The Morgan fingerprint density at radius 2 is 2.04 bits per heavy atom. The maximum Gasteiger partial charge on any atom is 0.161 e. The van der Waals surface area contributed by atoms with Crippen molar-refractivity contribution in [1.82, 2.24) is 5.32 Å². The first-order chi connectivity index (χ1) is 13.0. The normalized spacial score (nSPS) is 23.9. The van der Waals surface area contributed by atoms with Crippen molar-refractivity contribution in [2.45, 2.75) is 32.8 Å². The van der Waals surface area contributed by atoms with Gasteiger partial charge in [-0.25, -0.2) is 0 Å². The Labute approximate surface area is 162 Å². The van der Waals surface area contributed by atoms with Gasteiger partial charge in [0.05, 0.1) is 26.4 Å². The number of hydrogen-bond donors (Lipinski definition) is 2. The molecule has 1 fully saturated rings. The fourth-order valence-electron chi connectivity index (χ4n) is 4.25. The molecular weight excluding hydrogens is 342 g/mol. The molecule has 2 bridgehead atoms. The molecule has 0 aliphatic heterocycles. The molecule has 1 aromatic carbocycles. The summed E-state index contributed by atoms with van der Waals surface area (Å²) in [6.07, 6.45) is 4.32. The highest BCUT2D eigenvalue weighted by Crippen LogP contribution is 2.59. The monoisotopic (exact) mass is 375 g/mol. The SMILES string of the molecule is COc1ccccc1OCCNC[C@H](O)COCC1=CC[C@@H]2C[C@@H]1C2(C)C. The molecule has 3 atom stereocenters. The van der Waals surface area contributed by atoms with Gasteiger partial charge in [-0.1, -0.05) is 32.1 Å². The van der Waals surface area contributed by atoms with Gasteiger partial charge in [-0.2, -0.15) is 0 Å². The smallest absolute Gasteiger partial charge is 0.161 e. The summed E-state index contributed by atoms with van der Waals surface area (Å²) in [4.78, 5) is 0. The van der Waals surface area contributed by atoms with Gasteiger partial charge in [0.1, 0.15) is 6.61 Å². The number of hydrogen-bond acceptors (Lipinski definition) is 5. The molecule has 3 aliphatic carbocycles. The van der Waals surface area contributed by atoms with Gasteiger partial charge in [-0.05, 0) is 47.8 Å². The maximum atomic E-state index is 10.1. The molecule has 0 aromatic heterocycles. The maximum absolute atomic E-state index is 10.1. The average molecular weight is 376 g/mol. The predicted molar refractivity (Wildman–Crippen MR) is 106 cm³/mol. The number of benzene rings is 1. The second kappa shape index (κ2) is 9.09. The van der Waals surface area contributed by atoms with Crippen LogP contribution < -0.4 is 14.8 Å². The number of aliphatic hydroxyl groups is 1. The molecular formula is C22H33NO4. The molecule has 0 amide bonds. The lowest BCUT2D eigenvalue weighted by molar-refractivity contribution is -0.0235. The van der Waals surface area contributed by atoms with Crippen molar-refractivity contribution in [3.63, 3.8) is 0 Å². The van der Waals surface area contributed by atoms with Gasteiger partial charge in [0.15, 0.2) is 11.5 Å². The van der Waals surface area contributed by atoms with E-state index in [2.05, 4.69) is 25.2 Å². The number of para-hydroxylation sites is 2. The van der Waals surface area contributed by atoms with Crippen molar-refractivity contribution in [2.75, 3.05) is 40.0 Å². The van der Waals surface area contributed by atoms with Gasteiger partial charge >= 0.3 is 0 Å². The van der Waals surface area contributed by atoms with Crippen LogP contribution in [0.25, 0.3) is 0 Å². The molecule has 150 valence electrons. The minimum atomic E-state index is -0.511. The largest absolute Gasteiger partial charge is 0.493 e. The summed E-state index contributed by atoms with van der Waals surface area (Å²) in [5.41, 5.74) is 1.85. The van der Waals surface area contributed by atoms with Gasteiger partial charge in [0, 0.05) is 13.1 Å². The highest BCUT2D eigenvalue weighted by molar-refractivity contribution is 5.39. The Morgan fingerprint density at radius 3 is 2.74 bits per heavy atom. The molecule has 27 heavy (non-hydrogen) atoms. The van der Waals surface area contributed by atoms with E-state index in [4.69, 9.17) is 14.2 Å². The summed E-state index contributed by atoms with van der Waals surface area (Å²) in [5, 5.41) is 13.3. The van der Waals surface area contributed by atoms with Gasteiger partial charge in [0.25, 0.3) is 0 Å². The molecule has 4 rings (SSSR count). The van der Waals surface area contributed by atoms with E-state index in [1.807, 2.05) is 24.3 Å². The van der Waals surface area contributed by atoms with E-state index in [9.17, 15) is 5.11 Å². The van der Waals surface area contributed by atoms with Crippen LogP contribution >= 0.6 is 0 Å². The number of methoxy groups -OCH3 is 1. The summed E-state index contributed by atoms with van der Waals surface area (Å²) in [6.45, 7) is 7.39. The number of fused-ring (bicyclic) bond motifs is 1. The fraction of sp³-hybridized carbons (Fsp3) is 0.636. The zero-order chi connectivity index (χ0) is 19.3. The van der Waals surface area contributed by atoms with Crippen molar-refractivity contribution >= 4 is 0 Å². The third-order valence-electron chi connectivity index (χ3n) is 6.15. The van der Waals surface area contributed by atoms with E-state index >= 15 is 0 Å². The van der Waals surface area contributed by atoms with E-state index < -0.39 is 6.10 Å². The molecule has 5 heteroatoms. The Kier molecular flexibility index (Phi) is 6.79. The molecule has 5 nitrogen and oxygen atoms in total. The van der Waals surface area contributed by atoms with Gasteiger partial charge in [0.2, 0.25) is 0 Å². The summed E-state index contributed by atoms with van der Waals surface area (Å²) in [6, 6.07) is 7.58. The second-order valence-corrected chi connectivity index (χ2v) is 8.19. The predicted octanol–water partition coefficient (Wildman–Crippen LogP) is 3.03. The minimum absolute atomic E-state index is 0.355. The Balaban J connectivity index is 1.26. The summed E-state index contributed by atoms with van der Waals surface area (Å²) in [5.74, 6) is 2.97. The average Bonchev–Trinajstić information content (AvgIpc) is 2.68. The molecule has 0 saturated heterocycles. The number of ether oxygens (including phenoxy) is 3. The van der Waals surface area contributed by atoms with Crippen molar-refractivity contribution in [3.8, 4) is 11.5 Å². The van der Waals surface area contributed by atoms with Crippen LogP contribution in [0.1, 0.15) is 26.7 Å². The van der Waals surface area contributed by atoms with Gasteiger partial charge < -0.3 is 24.6 Å². The quantitative estimate of drug-likeness (QED) is 0.460. The van der Waals surface area contributed by atoms with Gasteiger partial charge in [-0.3, -0.25) is 0 Å². The molecule has 2 N–H and O–H groups in total. The summed E-state index contributed by atoms with van der Waals surface area (Å²) in [7, 11) is 1.63. The van der Waals surface area contributed by atoms with Crippen LogP contribution in [0.15, 0.2) is 35.9 Å². The van der Waals surface area contributed by atoms with Crippen LogP contribution in [0.4, 0.5) is 0 Å². The minimum Gasteiger partial charge on any atom is -0.493 e. The zero-order valence-electron chi connectivity index (χ0n) is 16.7. The van der Waals surface area contributed by atoms with Crippen molar-refractivity contribution in [1.29, 1.82) is 0 Å². The van der Waals surface area contributed by atoms with Crippen LogP contribution in [0.3, 0.4) is 0 Å². The van der Waals surface area contributed by atoms with Crippen LogP contribution in [0.5, 0.6) is 11.5 Å². The Morgan fingerprint density at radius 1 is 1.26 bits per heavy atom. The Bertz CT molecular complexity index is 643. The number of nitrogens with one attached hydrogen (secondary N) is 1. The van der Waals surface area contributed by atoms with Crippen LogP contribution in [-0.2, 0) is 4.74 Å². The van der Waals surface area contributed by atoms with Crippen LogP contribution in [0.2, 0.25) is 0 Å². The molecule has 0 spiro atoms. The molecule has 1 saturated carbocycles. The molecule has 0 heterocycles. The lowest BCUT2D eigenvalue weighted by Crippen LogP contribution is -2.48. The lowest BCUT2D eigenvalue weighted by atomic mass is 9.49. The zero-order valence-corrected chi connectivity index (χ0v) is 16.7. The van der Waals surface area contributed by atoms with Crippen molar-refractivity contribution in [3.05, 3.63) is 35.9 Å². The van der Waals surface area contributed by atoms with Crippen LogP contribution in [-0.4, -0.2) is 51.2 Å². The third kappa shape index (κ3) is 4.84. The van der Waals surface area contributed by atoms with E-state index in [1.54, 1.807) is 7.11 Å². The topological polar surface area (TPSA) is 60.0 Å². The Hall–Kier alpha value is -1.56. The second-order valence-electron chi connectivity index (χ2n) is 8.19. The van der Waals surface area contributed by atoms with Crippen molar-refractivity contribution < 1.29 is 19.3 Å². The summed E-state index contributed by atoms with van der Waals surface area (Å²) >= 11 is 0. The first kappa shape index (κ1) is 20.2. The highest BCUT2D eigenvalue weighted by atomic mass is 16.5. The number of rotatable bonds is 11. The first-order valence-corrected chi connectivity index (χ1v) is 9.93. The lowest BCUT2D eigenvalue weighted by Gasteiger charge is -2.56. The first-order valence-electron chi connectivity index (χ1n) is 9.93. The molecule has 0 unspecified atom stereocenters. The number of allylic oxidation sites excluding steroid dienone is 1. The highest BCUT2D eigenvalue weighted by Gasteiger charge is 2.50. The molecule has 1 aromatic rings. The van der Waals surface area contributed by atoms with Crippen LogP contribution in [0, 0.1) is 17.3 Å². The van der Waals surface area contributed by atoms with E-state index in [0.717, 1.165) is 17.4 Å². The van der Waals surface area contributed by atoms with Gasteiger partial charge in [-0.15, -0.1) is 0 Å². The fourth-order valence-corrected chi connectivity index (χ4v) is 4.25. The molecule has 3 aliphatic rings. The van der Waals surface area contributed by atoms with E-state index in [-0.39, 0.29) is 0 Å².